The van der Waals surface area contributed by atoms with Crippen LogP contribution in [0.5, 0.6) is 5.75 Å². The van der Waals surface area contributed by atoms with Crippen molar-refractivity contribution in [1.29, 1.82) is 0 Å². The molecule has 1 amide bonds. The maximum atomic E-state index is 12.4. The highest BCUT2D eigenvalue weighted by Crippen LogP contribution is 2.34. The van der Waals surface area contributed by atoms with E-state index in [1.54, 1.807) is 11.8 Å². The Bertz CT molecular complexity index is 662. The molecule has 0 atom stereocenters. The van der Waals surface area contributed by atoms with E-state index >= 15 is 0 Å². The number of para-hydroxylation sites is 2. The molecule has 3 nitrogen and oxygen atoms in total. The number of hydrogen-bond acceptors (Lipinski definition) is 3. The van der Waals surface area contributed by atoms with Crippen molar-refractivity contribution >= 4 is 39.3 Å². The van der Waals surface area contributed by atoms with E-state index in [0.29, 0.717) is 5.75 Å². The SMILES string of the molecule is O=C(COc1ccccc1Br)N1CCSc2ccccc21. The molecular formula is C16H14BrNO2S. The number of halogens is 1. The molecule has 2 aromatic carbocycles. The van der Waals surface area contributed by atoms with Crippen LogP contribution in [-0.2, 0) is 4.79 Å². The lowest BCUT2D eigenvalue weighted by atomic mass is 10.2. The average molecular weight is 364 g/mol. The average Bonchev–Trinajstić information content (AvgIpc) is 2.53. The molecule has 0 saturated carbocycles. The predicted molar refractivity (Wildman–Crippen MR) is 89.2 cm³/mol. The van der Waals surface area contributed by atoms with Crippen LogP contribution in [0.2, 0.25) is 0 Å². The maximum Gasteiger partial charge on any atom is 0.264 e. The molecule has 3 rings (SSSR count). The lowest BCUT2D eigenvalue weighted by Crippen LogP contribution is -2.38. The number of hydrogen-bond donors (Lipinski definition) is 0. The van der Waals surface area contributed by atoms with Crippen molar-refractivity contribution in [1.82, 2.24) is 0 Å². The van der Waals surface area contributed by atoms with Crippen molar-refractivity contribution in [2.75, 3.05) is 23.8 Å². The number of nitrogens with zero attached hydrogens (tertiary/aromatic N) is 1. The summed E-state index contributed by atoms with van der Waals surface area (Å²) in [6.07, 6.45) is 0. The minimum Gasteiger partial charge on any atom is -0.483 e. The monoisotopic (exact) mass is 363 g/mol. The fourth-order valence-corrected chi connectivity index (χ4v) is 3.60. The Morgan fingerprint density at radius 3 is 2.81 bits per heavy atom. The summed E-state index contributed by atoms with van der Waals surface area (Å²) in [5.74, 6) is 1.58. The summed E-state index contributed by atoms with van der Waals surface area (Å²) in [4.78, 5) is 15.4. The number of amides is 1. The summed E-state index contributed by atoms with van der Waals surface area (Å²) in [5.41, 5.74) is 0.981. The molecule has 5 heteroatoms. The fraction of sp³-hybridized carbons (Fsp3) is 0.188. The lowest BCUT2D eigenvalue weighted by Gasteiger charge is -2.28. The molecular weight excluding hydrogens is 350 g/mol. The molecule has 1 aliphatic rings. The van der Waals surface area contributed by atoms with Gasteiger partial charge in [0.05, 0.1) is 10.2 Å². The van der Waals surface area contributed by atoms with Gasteiger partial charge < -0.3 is 9.64 Å². The van der Waals surface area contributed by atoms with Crippen molar-refractivity contribution in [3.05, 3.63) is 53.0 Å². The zero-order valence-corrected chi connectivity index (χ0v) is 13.7. The molecule has 0 bridgehead atoms. The van der Waals surface area contributed by atoms with Crippen LogP contribution in [0.15, 0.2) is 57.9 Å². The Kier molecular flexibility index (Phi) is 4.51. The number of carbonyl (C=O) groups excluding carboxylic acids is 1. The molecule has 1 aliphatic heterocycles. The topological polar surface area (TPSA) is 29.5 Å². The Hall–Kier alpha value is -1.46. The normalized spacial score (nSPS) is 13.7. The summed E-state index contributed by atoms with van der Waals surface area (Å²) in [5, 5.41) is 0. The number of thioether (sulfide) groups is 1. The van der Waals surface area contributed by atoms with Crippen molar-refractivity contribution in [2.45, 2.75) is 4.90 Å². The van der Waals surface area contributed by atoms with E-state index in [4.69, 9.17) is 4.74 Å². The van der Waals surface area contributed by atoms with E-state index in [1.807, 2.05) is 53.4 Å². The summed E-state index contributed by atoms with van der Waals surface area (Å²) >= 11 is 5.20. The minimum absolute atomic E-state index is 0.0153. The van der Waals surface area contributed by atoms with Crippen LogP contribution in [0, 0.1) is 0 Å². The number of ether oxygens (including phenoxy) is 1. The zero-order chi connectivity index (χ0) is 14.7. The second-order valence-electron chi connectivity index (χ2n) is 4.58. The second-order valence-corrected chi connectivity index (χ2v) is 6.57. The van der Waals surface area contributed by atoms with E-state index in [0.717, 1.165) is 27.4 Å². The molecule has 0 aliphatic carbocycles. The minimum atomic E-state index is -0.0153. The summed E-state index contributed by atoms with van der Waals surface area (Å²) in [7, 11) is 0. The zero-order valence-electron chi connectivity index (χ0n) is 11.3. The molecule has 0 radical (unpaired) electrons. The van der Waals surface area contributed by atoms with Gasteiger partial charge in [0.1, 0.15) is 5.75 Å². The predicted octanol–water partition coefficient (Wildman–Crippen LogP) is 3.97. The highest BCUT2D eigenvalue weighted by molar-refractivity contribution is 9.10. The number of benzene rings is 2. The summed E-state index contributed by atoms with van der Waals surface area (Å²) < 4.78 is 6.48. The van der Waals surface area contributed by atoms with Crippen LogP contribution in [-0.4, -0.2) is 24.8 Å². The highest BCUT2D eigenvalue weighted by atomic mass is 79.9. The molecule has 0 N–H and O–H groups in total. The first-order valence-electron chi connectivity index (χ1n) is 6.65. The van der Waals surface area contributed by atoms with Crippen molar-refractivity contribution in [3.8, 4) is 5.75 Å². The standard InChI is InChI=1S/C16H14BrNO2S/c17-12-5-1-3-7-14(12)20-11-16(19)18-9-10-21-15-8-4-2-6-13(15)18/h1-8H,9-11H2. The van der Waals surface area contributed by atoms with Gasteiger partial charge in [-0.3, -0.25) is 4.79 Å². The van der Waals surface area contributed by atoms with Gasteiger partial charge in [-0.1, -0.05) is 24.3 Å². The van der Waals surface area contributed by atoms with Crippen molar-refractivity contribution in [3.63, 3.8) is 0 Å². The van der Waals surface area contributed by atoms with Gasteiger partial charge in [0.2, 0.25) is 0 Å². The third kappa shape index (κ3) is 3.24. The lowest BCUT2D eigenvalue weighted by molar-refractivity contribution is -0.120. The maximum absolute atomic E-state index is 12.4. The number of carbonyl (C=O) groups is 1. The quantitative estimate of drug-likeness (QED) is 0.826. The Balaban J connectivity index is 1.71. The van der Waals surface area contributed by atoms with Gasteiger partial charge >= 0.3 is 0 Å². The molecule has 108 valence electrons. The van der Waals surface area contributed by atoms with Gasteiger partial charge in [-0.25, -0.2) is 0 Å². The van der Waals surface area contributed by atoms with Gasteiger partial charge in [0.15, 0.2) is 6.61 Å². The Morgan fingerprint density at radius 2 is 1.95 bits per heavy atom. The van der Waals surface area contributed by atoms with E-state index in [2.05, 4.69) is 15.9 Å². The first kappa shape index (κ1) is 14.5. The molecule has 1 heterocycles. The molecule has 0 spiro atoms. The van der Waals surface area contributed by atoms with Gasteiger partial charge in [0.25, 0.3) is 5.91 Å². The molecule has 2 aromatic rings. The van der Waals surface area contributed by atoms with Crippen LogP contribution >= 0.6 is 27.7 Å². The van der Waals surface area contributed by atoms with Crippen molar-refractivity contribution in [2.24, 2.45) is 0 Å². The molecule has 0 fully saturated rings. The van der Waals surface area contributed by atoms with E-state index in [9.17, 15) is 4.79 Å². The fourth-order valence-electron chi connectivity index (χ4n) is 2.21. The first-order chi connectivity index (χ1) is 10.3. The number of anilines is 1. The Labute approximate surface area is 136 Å². The molecule has 0 saturated heterocycles. The molecule has 0 aromatic heterocycles. The van der Waals surface area contributed by atoms with Crippen molar-refractivity contribution < 1.29 is 9.53 Å². The number of fused-ring (bicyclic) bond motifs is 1. The molecule has 21 heavy (non-hydrogen) atoms. The van der Waals surface area contributed by atoms with E-state index in [-0.39, 0.29) is 12.5 Å². The molecule has 0 unspecified atom stereocenters. The third-order valence-electron chi connectivity index (χ3n) is 3.22. The summed E-state index contributed by atoms with van der Waals surface area (Å²) in [6, 6.07) is 15.5. The second kappa shape index (κ2) is 6.54. The van der Waals surface area contributed by atoms with Gasteiger partial charge in [-0.05, 0) is 40.2 Å². The van der Waals surface area contributed by atoms with Crippen LogP contribution in [0.25, 0.3) is 0 Å². The number of rotatable bonds is 3. The van der Waals surface area contributed by atoms with E-state index < -0.39 is 0 Å². The van der Waals surface area contributed by atoms with Gasteiger partial charge in [-0.2, -0.15) is 0 Å². The van der Waals surface area contributed by atoms with Crippen LogP contribution in [0.4, 0.5) is 5.69 Å². The summed E-state index contributed by atoms with van der Waals surface area (Å²) in [6.45, 7) is 0.765. The first-order valence-corrected chi connectivity index (χ1v) is 8.43. The van der Waals surface area contributed by atoms with Crippen LogP contribution < -0.4 is 9.64 Å². The van der Waals surface area contributed by atoms with E-state index in [1.165, 1.54) is 0 Å². The largest absolute Gasteiger partial charge is 0.483 e. The van der Waals surface area contributed by atoms with Gasteiger partial charge in [-0.15, -0.1) is 11.8 Å². The van der Waals surface area contributed by atoms with Crippen LogP contribution in [0.3, 0.4) is 0 Å². The third-order valence-corrected chi connectivity index (χ3v) is 4.92. The highest BCUT2D eigenvalue weighted by Gasteiger charge is 2.22. The Morgan fingerprint density at radius 1 is 1.19 bits per heavy atom. The van der Waals surface area contributed by atoms with Gasteiger partial charge in [0, 0.05) is 17.2 Å². The smallest absolute Gasteiger partial charge is 0.264 e. The van der Waals surface area contributed by atoms with Crippen LogP contribution in [0.1, 0.15) is 0 Å².